The largest absolute Gasteiger partial charge is 0.368 e. The normalized spacial score (nSPS) is 11.2. The summed E-state index contributed by atoms with van der Waals surface area (Å²) < 4.78 is 0. The molecule has 0 unspecified atom stereocenters. The fourth-order valence-electron chi connectivity index (χ4n) is 1.81. The second-order valence-electron chi connectivity index (χ2n) is 4.54. The minimum atomic E-state index is 0.667. The van der Waals surface area contributed by atoms with Gasteiger partial charge in [0.15, 0.2) is 0 Å². The molecule has 0 bridgehead atoms. The van der Waals surface area contributed by atoms with Gasteiger partial charge in [-0.25, -0.2) is 4.98 Å². The maximum absolute atomic E-state index is 4.51. The number of hydrogen-bond acceptors (Lipinski definition) is 6. The van der Waals surface area contributed by atoms with Gasteiger partial charge in [-0.3, -0.25) is 0 Å². The lowest BCUT2D eigenvalue weighted by Crippen LogP contribution is -2.25. The standard InChI is InChI=1S/C13H21N5S/c1-5-18(4)7-6-15-11-10-8-9(2)19-12(10)17-13(14-3)16-11/h8H,5-7H2,1-4H3,(H2,14,15,16,17). The van der Waals surface area contributed by atoms with Crippen LogP contribution in [0.15, 0.2) is 6.07 Å². The maximum Gasteiger partial charge on any atom is 0.225 e. The van der Waals surface area contributed by atoms with Crippen LogP contribution in [0.3, 0.4) is 0 Å². The van der Waals surface area contributed by atoms with Crippen LogP contribution in [-0.4, -0.2) is 48.6 Å². The van der Waals surface area contributed by atoms with Crippen molar-refractivity contribution in [2.24, 2.45) is 0 Å². The van der Waals surface area contributed by atoms with Crippen molar-refractivity contribution in [3.63, 3.8) is 0 Å². The van der Waals surface area contributed by atoms with Crippen LogP contribution in [0.2, 0.25) is 0 Å². The number of aromatic nitrogens is 2. The Morgan fingerprint density at radius 2 is 2.16 bits per heavy atom. The summed E-state index contributed by atoms with van der Waals surface area (Å²) in [6, 6.07) is 2.14. The first-order valence-electron chi connectivity index (χ1n) is 6.52. The predicted octanol–water partition coefficient (Wildman–Crippen LogP) is 2.41. The Morgan fingerprint density at radius 1 is 1.37 bits per heavy atom. The fraction of sp³-hybridized carbons (Fsp3) is 0.538. The van der Waals surface area contributed by atoms with Crippen LogP contribution in [-0.2, 0) is 0 Å². The molecule has 2 rings (SSSR count). The van der Waals surface area contributed by atoms with Gasteiger partial charge in [-0.1, -0.05) is 6.92 Å². The highest BCUT2D eigenvalue weighted by molar-refractivity contribution is 7.18. The summed E-state index contributed by atoms with van der Waals surface area (Å²) in [7, 11) is 3.96. The third kappa shape index (κ3) is 3.33. The van der Waals surface area contributed by atoms with Crippen LogP contribution in [0.25, 0.3) is 10.2 Å². The van der Waals surface area contributed by atoms with E-state index < -0.39 is 0 Å². The van der Waals surface area contributed by atoms with Crippen molar-refractivity contribution in [2.45, 2.75) is 13.8 Å². The maximum atomic E-state index is 4.51. The zero-order valence-electron chi connectivity index (χ0n) is 11.9. The van der Waals surface area contributed by atoms with E-state index in [-0.39, 0.29) is 0 Å². The number of hydrogen-bond donors (Lipinski definition) is 2. The second-order valence-corrected chi connectivity index (χ2v) is 5.78. The minimum Gasteiger partial charge on any atom is -0.368 e. The predicted molar refractivity (Wildman–Crippen MR) is 83.4 cm³/mol. The molecule has 19 heavy (non-hydrogen) atoms. The van der Waals surface area contributed by atoms with Crippen molar-refractivity contribution in [2.75, 3.05) is 44.4 Å². The SMILES string of the molecule is CCN(C)CCNc1nc(NC)nc2sc(C)cc12. The molecule has 2 N–H and O–H groups in total. The first-order chi connectivity index (χ1) is 9.13. The average Bonchev–Trinajstić information content (AvgIpc) is 2.78. The molecule has 0 fully saturated rings. The van der Waals surface area contributed by atoms with Crippen molar-refractivity contribution in [3.8, 4) is 0 Å². The number of thiophene rings is 1. The van der Waals surface area contributed by atoms with Gasteiger partial charge < -0.3 is 15.5 Å². The van der Waals surface area contributed by atoms with Crippen LogP contribution in [0, 0.1) is 6.92 Å². The van der Waals surface area contributed by atoms with Gasteiger partial charge in [0.1, 0.15) is 10.6 Å². The van der Waals surface area contributed by atoms with Crippen molar-refractivity contribution >= 4 is 33.3 Å². The molecule has 0 radical (unpaired) electrons. The van der Waals surface area contributed by atoms with Gasteiger partial charge in [-0.2, -0.15) is 4.98 Å². The smallest absolute Gasteiger partial charge is 0.225 e. The van der Waals surface area contributed by atoms with Gasteiger partial charge in [0, 0.05) is 25.0 Å². The Morgan fingerprint density at radius 3 is 2.84 bits per heavy atom. The van der Waals surface area contributed by atoms with Crippen LogP contribution < -0.4 is 10.6 Å². The van der Waals surface area contributed by atoms with Crippen molar-refractivity contribution in [1.29, 1.82) is 0 Å². The van der Waals surface area contributed by atoms with Gasteiger partial charge in [-0.15, -0.1) is 11.3 Å². The number of nitrogens with zero attached hydrogens (tertiary/aromatic N) is 3. The molecule has 0 aliphatic carbocycles. The molecule has 0 spiro atoms. The highest BCUT2D eigenvalue weighted by Gasteiger charge is 2.09. The molecule has 0 amide bonds. The third-order valence-corrected chi connectivity index (χ3v) is 4.01. The number of nitrogens with one attached hydrogen (secondary N) is 2. The molecule has 0 saturated heterocycles. The first-order valence-corrected chi connectivity index (χ1v) is 7.34. The van der Waals surface area contributed by atoms with Crippen LogP contribution in [0.4, 0.5) is 11.8 Å². The van der Waals surface area contributed by atoms with Gasteiger partial charge in [-0.05, 0) is 26.6 Å². The molecule has 2 heterocycles. The lowest BCUT2D eigenvalue weighted by Gasteiger charge is -2.14. The van der Waals surface area contributed by atoms with Crippen molar-refractivity contribution < 1.29 is 0 Å². The molecule has 2 aromatic rings. The van der Waals surface area contributed by atoms with Gasteiger partial charge in [0.2, 0.25) is 5.95 Å². The summed E-state index contributed by atoms with van der Waals surface area (Å²) in [5.74, 6) is 1.59. The van der Waals surface area contributed by atoms with E-state index in [4.69, 9.17) is 0 Å². The van der Waals surface area contributed by atoms with E-state index in [0.29, 0.717) is 5.95 Å². The topological polar surface area (TPSA) is 53.1 Å². The molecule has 0 aliphatic heterocycles. The van der Waals surface area contributed by atoms with E-state index in [9.17, 15) is 0 Å². The number of aryl methyl sites for hydroxylation is 1. The lowest BCUT2D eigenvalue weighted by atomic mass is 10.3. The molecule has 2 aromatic heterocycles. The molecular weight excluding hydrogens is 258 g/mol. The highest BCUT2D eigenvalue weighted by atomic mass is 32.1. The zero-order valence-corrected chi connectivity index (χ0v) is 12.8. The molecule has 0 aromatic carbocycles. The lowest BCUT2D eigenvalue weighted by molar-refractivity contribution is 0.367. The minimum absolute atomic E-state index is 0.667. The Balaban J connectivity index is 2.20. The number of rotatable bonds is 6. The molecule has 0 saturated carbocycles. The molecule has 104 valence electrons. The van der Waals surface area contributed by atoms with Crippen LogP contribution in [0.5, 0.6) is 0 Å². The molecule has 0 aliphatic rings. The first kappa shape index (κ1) is 14.0. The van der Waals surface area contributed by atoms with E-state index in [1.54, 1.807) is 11.3 Å². The Labute approximate surface area is 118 Å². The number of fused-ring (bicyclic) bond motifs is 1. The summed E-state index contributed by atoms with van der Waals surface area (Å²) in [4.78, 5) is 13.5. The van der Waals surface area contributed by atoms with Crippen molar-refractivity contribution in [3.05, 3.63) is 10.9 Å². The third-order valence-electron chi connectivity index (χ3n) is 3.07. The van der Waals surface area contributed by atoms with Gasteiger partial charge in [0.05, 0.1) is 5.39 Å². The Kier molecular flexibility index (Phi) is 4.55. The van der Waals surface area contributed by atoms with Gasteiger partial charge >= 0.3 is 0 Å². The fourth-order valence-corrected chi connectivity index (χ4v) is 2.69. The van der Waals surface area contributed by atoms with E-state index in [1.807, 2.05) is 7.05 Å². The monoisotopic (exact) mass is 279 g/mol. The van der Waals surface area contributed by atoms with E-state index in [0.717, 1.165) is 35.7 Å². The summed E-state index contributed by atoms with van der Waals surface area (Å²) in [6.45, 7) is 7.19. The number of anilines is 2. The Bertz CT molecular complexity index is 551. The molecule has 6 heteroatoms. The van der Waals surface area contributed by atoms with E-state index >= 15 is 0 Å². The van der Waals surface area contributed by atoms with Gasteiger partial charge in [0.25, 0.3) is 0 Å². The quantitative estimate of drug-likeness (QED) is 0.850. The van der Waals surface area contributed by atoms with E-state index in [2.05, 4.69) is 52.5 Å². The summed E-state index contributed by atoms with van der Waals surface area (Å²) >= 11 is 1.70. The van der Waals surface area contributed by atoms with E-state index in [1.165, 1.54) is 4.88 Å². The second kappa shape index (κ2) is 6.16. The Hall–Kier alpha value is -1.40. The van der Waals surface area contributed by atoms with Crippen LogP contribution >= 0.6 is 11.3 Å². The average molecular weight is 279 g/mol. The summed E-state index contributed by atoms with van der Waals surface area (Å²) in [6.07, 6.45) is 0. The molecular formula is C13H21N5S. The molecule has 0 atom stereocenters. The van der Waals surface area contributed by atoms with Crippen molar-refractivity contribution in [1.82, 2.24) is 14.9 Å². The van der Waals surface area contributed by atoms with Crippen LogP contribution in [0.1, 0.15) is 11.8 Å². The number of likely N-dealkylation sites (N-methyl/N-ethyl adjacent to an activating group) is 1. The summed E-state index contributed by atoms with van der Waals surface area (Å²) in [5.41, 5.74) is 0. The zero-order chi connectivity index (χ0) is 13.8. The summed E-state index contributed by atoms with van der Waals surface area (Å²) in [5, 5.41) is 7.54. The molecule has 5 nitrogen and oxygen atoms in total. The highest BCUT2D eigenvalue weighted by Crippen LogP contribution is 2.29.